The summed E-state index contributed by atoms with van der Waals surface area (Å²) in [5, 5.41) is 1.11. The first-order valence-electron chi connectivity index (χ1n) is 6.59. The van der Waals surface area contributed by atoms with Gasteiger partial charge in [-0.1, -0.05) is 18.2 Å². The number of nitrogens with zero attached hydrogens (tertiary/aromatic N) is 1. The highest BCUT2D eigenvalue weighted by molar-refractivity contribution is 5.89. The van der Waals surface area contributed by atoms with Crippen molar-refractivity contribution >= 4 is 16.8 Å². The number of nitrogens with one attached hydrogen (secondary N) is 1. The summed E-state index contributed by atoms with van der Waals surface area (Å²) in [6.07, 6.45) is 2.31. The van der Waals surface area contributed by atoms with Gasteiger partial charge >= 0.3 is 0 Å². The van der Waals surface area contributed by atoms with E-state index < -0.39 is 0 Å². The fraction of sp³-hybridized carbons (Fsp3) is 0.400. The molecular formula is C15H21N3O. The Bertz CT molecular complexity index is 572. The van der Waals surface area contributed by atoms with Crippen LogP contribution in [0.15, 0.2) is 24.3 Å². The summed E-state index contributed by atoms with van der Waals surface area (Å²) in [4.78, 5) is 16.8. The van der Waals surface area contributed by atoms with Crippen LogP contribution in [0.2, 0.25) is 0 Å². The summed E-state index contributed by atoms with van der Waals surface area (Å²) < 4.78 is 0. The highest BCUT2D eigenvalue weighted by atomic mass is 16.1. The summed E-state index contributed by atoms with van der Waals surface area (Å²) >= 11 is 0. The number of aromatic nitrogens is 1. The molecule has 4 nitrogen and oxygen atoms in total. The number of primary amides is 1. The lowest BCUT2D eigenvalue weighted by atomic mass is 10.0. The molecule has 0 saturated heterocycles. The van der Waals surface area contributed by atoms with Gasteiger partial charge in [0.25, 0.3) is 0 Å². The molecule has 0 aliphatic rings. The summed E-state index contributed by atoms with van der Waals surface area (Å²) in [5.41, 5.74) is 8.64. The molecule has 0 unspecified atom stereocenters. The Hall–Kier alpha value is -1.81. The van der Waals surface area contributed by atoms with E-state index in [1.54, 1.807) is 0 Å². The molecule has 102 valence electrons. The highest BCUT2D eigenvalue weighted by Gasteiger charge is 2.12. The van der Waals surface area contributed by atoms with Gasteiger partial charge in [0, 0.05) is 16.6 Å². The number of rotatable bonds is 6. The Morgan fingerprint density at radius 1 is 1.32 bits per heavy atom. The number of fused-ring (bicyclic) bond motifs is 1. The molecule has 1 aromatic heterocycles. The molecular weight excluding hydrogens is 238 g/mol. The minimum absolute atomic E-state index is 0.279. The molecule has 1 heterocycles. The van der Waals surface area contributed by atoms with Gasteiger partial charge in [-0.3, -0.25) is 4.79 Å². The number of benzene rings is 1. The topological polar surface area (TPSA) is 62.1 Å². The first-order chi connectivity index (χ1) is 9.08. The van der Waals surface area contributed by atoms with Crippen molar-refractivity contribution in [1.82, 2.24) is 9.88 Å². The van der Waals surface area contributed by atoms with Gasteiger partial charge in [0.2, 0.25) is 5.91 Å². The summed E-state index contributed by atoms with van der Waals surface area (Å²) in [6.45, 7) is 1.03. The van der Waals surface area contributed by atoms with Crippen molar-refractivity contribution in [2.24, 2.45) is 5.73 Å². The maximum absolute atomic E-state index is 11.2. The minimum atomic E-state index is -0.279. The van der Waals surface area contributed by atoms with Crippen molar-refractivity contribution in [2.75, 3.05) is 20.6 Å². The number of hydrogen-bond acceptors (Lipinski definition) is 2. The van der Waals surface area contributed by atoms with Gasteiger partial charge in [-0.25, -0.2) is 0 Å². The fourth-order valence-electron chi connectivity index (χ4n) is 2.42. The van der Waals surface area contributed by atoms with Gasteiger partial charge in [-0.05, 0) is 45.1 Å². The second kappa shape index (κ2) is 5.89. The van der Waals surface area contributed by atoms with Crippen LogP contribution < -0.4 is 5.73 Å². The Morgan fingerprint density at radius 2 is 2.05 bits per heavy atom. The second-order valence-electron chi connectivity index (χ2n) is 5.18. The molecule has 1 aromatic carbocycles. The summed E-state index contributed by atoms with van der Waals surface area (Å²) in [6, 6.07) is 8.07. The zero-order valence-electron chi connectivity index (χ0n) is 11.6. The van der Waals surface area contributed by atoms with Crippen LogP contribution in [0.3, 0.4) is 0 Å². The van der Waals surface area contributed by atoms with E-state index in [0.29, 0.717) is 6.42 Å². The van der Waals surface area contributed by atoms with Gasteiger partial charge in [0.1, 0.15) is 0 Å². The molecule has 0 radical (unpaired) electrons. The van der Waals surface area contributed by atoms with Gasteiger partial charge in [0.15, 0.2) is 0 Å². The fourth-order valence-corrected chi connectivity index (χ4v) is 2.42. The van der Waals surface area contributed by atoms with Crippen LogP contribution in [0.5, 0.6) is 0 Å². The molecule has 0 saturated carbocycles. The number of aryl methyl sites for hydroxylation is 1. The SMILES string of the molecule is CN(C)CCCc1[nH]c2ccccc2c1CC(N)=O. The maximum atomic E-state index is 11.2. The maximum Gasteiger partial charge on any atom is 0.221 e. The molecule has 4 heteroatoms. The predicted molar refractivity (Wildman–Crippen MR) is 78.1 cm³/mol. The van der Waals surface area contributed by atoms with Crippen molar-refractivity contribution in [3.05, 3.63) is 35.5 Å². The predicted octanol–water partition coefficient (Wildman–Crippen LogP) is 1.69. The Balaban J connectivity index is 2.27. The molecule has 2 rings (SSSR count). The van der Waals surface area contributed by atoms with Crippen LogP contribution in [-0.4, -0.2) is 36.4 Å². The number of carbonyl (C=O) groups excluding carboxylic acids is 1. The summed E-state index contributed by atoms with van der Waals surface area (Å²) in [5.74, 6) is -0.279. The molecule has 2 aromatic rings. The number of carbonyl (C=O) groups is 1. The zero-order valence-corrected chi connectivity index (χ0v) is 11.6. The second-order valence-corrected chi connectivity index (χ2v) is 5.18. The third-order valence-corrected chi connectivity index (χ3v) is 3.29. The summed E-state index contributed by atoms with van der Waals surface area (Å²) in [7, 11) is 4.13. The lowest BCUT2D eigenvalue weighted by molar-refractivity contribution is -0.117. The van der Waals surface area contributed by atoms with Gasteiger partial charge < -0.3 is 15.6 Å². The Kier molecular flexibility index (Phi) is 4.22. The molecule has 0 aliphatic heterocycles. The van der Waals surface area contributed by atoms with E-state index in [2.05, 4.69) is 24.0 Å². The molecule has 0 atom stereocenters. The molecule has 3 N–H and O–H groups in total. The molecule has 19 heavy (non-hydrogen) atoms. The van der Waals surface area contributed by atoms with Gasteiger partial charge in [-0.15, -0.1) is 0 Å². The molecule has 0 aliphatic carbocycles. The molecule has 0 spiro atoms. The Morgan fingerprint density at radius 3 is 2.74 bits per heavy atom. The molecule has 1 amide bonds. The normalized spacial score (nSPS) is 11.3. The lowest BCUT2D eigenvalue weighted by Gasteiger charge is -2.09. The first kappa shape index (κ1) is 13.6. The quantitative estimate of drug-likeness (QED) is 0.829. The van der Waals surface area contributed by atoms with Crippen LogP contribution >= 0.6 is 0 Å². The average Bonchev–Trinajstić information content (AvgIpc) is 2.67. The highest BCUT2D eigenvalue weighted by Crippen LogP contribution is 2.23. The van der Waals surface area contributed by atoms with Crippen LogP contribution in [0, 0.1) is 0 Å². The number of para-hydroxylation sites is 1. The van der Waals surface area contributed by atoms with E-state index in [-0.39, 0.29) is 5.91 Å². The van der Waals surface area contributed by atoms with Crippen molar-refractivity contribution in [1.29, 1.82) is 0 Å². The van der Waals surface area contributed by atoms with E-state index in [0.717, 1.165) is 41.5 Å². The van der Waals surface area contributed by atoms with Crippen LogP contribution in [0.1, 0.15) is 17.7 Å². The zero-order chi connectivity index (χ0) is 13.8. The van der Waals surface area contributed by atoms with E-state index in [1.165, 1.54) is 0 Å². The van der Waals surface area contributed by atoms with Crippen molar-refractivity contribution in [3.8, 4) is 0 Å². The Labute approximate surface area is 113 Å². The third-order valence-electron chi connectivity index (χ3n) is 3.29. The number of aromatic amines is 1. The number of amides is 1. The number of hydrogen-bond donors (Lipinski definition) is 2. The lowest BCUT2D eigenvalue weighted by Crippen LogP contribution is -2.16. The molecule has 0 bridgehead atoms. The number of nitrogens with two attached hydrogens (primary N) is 1. The van der Waals surface area contributed by atoms with Crippen LogP contribution in [-0.2, 0) is 17.6 Å². The monoisotopic (exact) mass is 259 g/mol. The minimum Gasteiger partial charge on any atom is -0.369 e. The first-order valence-corrected chi connectivity index (χ1v) is 6.59. The van der Waals surface area contributed by atoms with Crippen molar-refractivity contribution in [3.63, 3.8) is 0 Å². The van der Waals surface area contributed by atoms with Gasteiger partial charge in [-0.2, -0.15) is 0 Å². The standard InChI is InChI=1S/C15H21N3O/c1-18(2)9-5-8-14-12(10-15(16)19)11-6-3-4-7-13(11)17-14/h3-4,6-7,17H,5,8-10H2,1-2H3,(H2,16,19). The average molecular weight is 259 g/mol. The smallest absolute Gasteiger partial charge is 0.221 e. The largest absolute Gasteiger partial charge is 0.369 e. The number of H-pyrrole nitrogens is 1. The van der Waals surface area contributed by atoms with E-state index in [9.17, 15) is 4.79 Å². The third kappa shape index (κ3) is 3.35. The van der Waals surface area contributed by atoms with Crippen molar-refractivity contribution < 1.29 is 4.79 Å². The van der Waals surface area contributed by atoms with E-state index in [1.807, 2.05) is 24.3 Å². The van der Waals surface area contributed by atoms with Crippen molar-refractivity contribution in [2.45, 2.75) is 19.3 Å². The van der Waals surface area contributed by atoms with E-state index >= 15 is 0 Å². The van der Waals surface area contributed by atoms with Gasteiger partial charge in [0.05, 0.1) is 6.42 Å². The molecule has 0 fully saturated rings. The van der Waals surface area contributed by atoms with Crippen LogP contribution in [0.25, 0.3) is 10.9 Å². The van der Waals surface area contributed by atoms with Crippen LogP contribution in [0.4, 0.5) is 0 Å². The van der Waals surface area contributed by atoms with E-state index in [4.69, 9.17) is 5.73 Å².